The average molecular weight is 342 g/mol. The zero-order valence-corrected chi connectivity index (χ0v) is 15.0. The number of rotatable bonds is 3. The highest BCUT2D eigenvalue weighted by atomic mass is 16.4. The van der Waals surface area contributed by atoms with Gasteiger partial charge in [-0.3, -0.25) is 0 Å². The van der Waals surface area contributed by atoms with Gasteiger partial charge in [-0.1, -0.05) is 56.7 Å². The maximum absolute atomic E-state index is 10.5. The van der Waals surface area contributed by atoms with E-state index in [4.69, 9.17) is 5.11 Å². The standard InChI is InChI=1S/C12H23N.C9H7NO2/c1-3-7-11(8-4-1)13-12-9-5-2-6-10-12;11-9(12)8-5-6-3-1-2-4-7(6)10-8/h11-13H,1-10H2;1-5,10H,(H,11,12). The molecule has 2 saturated carbocycles. The number of carboxylic acids is 1. The zero-order chi connectivity index (χ0) is 17.5. The van der Waals surface area contributed by atoms with Crippen molar-refractivity contribution >= 4 is 16.9 Å². The minimum atomic E-state index is -0.925. The van der Waals surface area contributed by atoms with E-state index in [1.807, 2.05) is 24.3 Å². The molecule has 0 atom stereocenters. The van der Waals surface area contributed by atoms with Crippen LogP contribution in [-0.2, 0) is 0 Å². The predicted octanol–water partition coefficient (Wildman–Crippen LogP) is 5.11. The van der Waals surface area contributed by atoms with Crippen LogP contribution in [0.2, 0.25) is 0 Å². The van der Waals surface area contributed by atoms with Crippen LogP contribution in [-0.4, -0.2) is 28.1 Å². The fourth-order valence-corrected chi connectivity index (χ4v) is 4.06. The van der Waals surface area contributed by atoms with Gasteiger partial charge in [-0.05, 0) is 37.8 Å². The lowest BCUT2D eigenvalue weighted by Crippen LogP contribution is -2.40. The van der Waals surface area contributed by atoms with E-state index in [1.165, 1.54) is 64.2 Å². The first-order valence-corrected chi connectivity index (χ1v) is 9.79. The van der Waals surface area contributed by atoms with E-state index in [0.717, 1.165) is 23.0 Å². The number of H-pyrrole nitrogens is 1. The lowest BCUT2D eigenvalue weighted by Gasteiger charge is -2.30. The highest BCUT2D eigenvalue weighted by molar-refractivity contribution is 5.93. The molecule has 4 nitrogen and oxygen atoms in total. The van der Waals surface area contributed by atoms with Crippen molar-refractivity contribution in [2.75, 3.05) is 0 Å². The molecule has 2 fully saturated rings. The second kappa shape index (κ2) is 9.04. The van der Waals surface area contributed by atoms with E-state index < -0.39 is 5.97 Å². The van der Waals surface area contributed by atoms with Gasteiger partial charge in [0, 0.05) is 23.0 Å². The van der Waals surface area contributed by atoms with Crippen LogP contribution in [0.3, 0.4) is 0 Å². The largest absolute Gasteiger partial charge is 0.477 e. The Hall–Kier alpha value is -1.81. The van der Waals surface area contributed by atoms with E-state index in [1.54, 1.807) is 6.07 Å². The Morgan fingerprint density at radius 1 is 0.920 bits per heavy atom. The molecular formula is C21H30N2O2. The predicted molar refractivity (Wildman–Crippen MR) is 102 cm³/mol. The lowest BCUT2D eigenvalue weighted by molar-refractivity contribution is 0.0691. The molecule has 2 aliphatic carbocycles. The molecule has 0 spiro atoms. The number of fused-ring (bicyclic) bond motifs is 1. The smallest absolute Gasteiger partial charge is 0.352 e. The van der Waals surface area contributed by atoms with Gasteiger partial charge in [0.2, 0.25) is 0 Å². The molecule has 1 aromatic carbocycles. The van der Waals surface area contributed by atoms with E-state index in [2.05, 4.69) is 10.3 Å². The molecule has 2 aromatic rings. The third-order valence-electron chi connectivity index (χ3n) is 5.44. The molecule has 0 amide bonds. The highest BCUT2D eigenvalue weighted by Crippen LogP contribution is 2.22. The van der Waals surface area contributed by atoms with Crippen LogP contribution in [0.1, 0.15) is 74.7 Å². The highest BCUT2D eigenvalue weighted by Gasteiger charge is 2.19. The summed E-state index contributed by atoms with van der Waals surface area (Å²) in [6.07, 6.45) is 14.6. The van der Waals surface area contributed by atoms with Crippen molar-refractivity contribution in [2.45, 2.75) is 76.3 Å². The van der Waals surface area contributed by atoms with Crippen molar-refractivity contribution in [1.82, 2.24) is 10.3 Å². The van der Waals surface area contributed by atoms with Crippen LogP contribution >= 0.6 is 0 Å². The fourth-order valence-electron chi connectivity index (χ4n) is 4.06. The molecule has 0 saturated heterocycles. The van der Waals surface area contributed by atoms with Gasteiger partial charge in [-0.25, -0.2) is 4.79 Å². The minimum absolute atomic E-state index is 0.233. The Balaban J connectivity index is 0.000000146. The number of nitrogens with one attached hydrogen (secondary N) is 2. The summed E-state index contributed by atoms with van der Waals surface area (Å²) in [4.78, 5) is 13.3. The Kier molecular flexibility index (Phi) is 6.51. The first kappa shape index (κ1) is 18.0. The van der Waals surface area contributed by atoms with E-state index in [-0.39, 0.29) is 5.69 Å². The number of aromatic carboxylic acids is 1. The van der Waals surface area contributed by atoms with Crippen molar-refractivity contribution in [1.29, 1.82) is 0 Å². The Labute approximate surface area is 150 Å². The Morgan fingerprint density at radius 2 is 1.48 bits per heavy atom. The van der Waals surface area contributed by atoms with E-state index in [9.17, 15) is 4.79 Å². The molecule has 0 bridgehead atoms. The topological polar surface area (TPSA) is 65.1 Å². The number of hydrogen-bond donors (Lipinski definition) is 3. The normalized spacial score (nSPS) is 19.4. The molecule has 3 N–H and O–H groups in total. The number of aromatic nitrogens is 1. The van der Waals surface area contributed by atoms with Crippen molar-refractivity contribution < 1.29 is 9.90 Å². The first-order valence-electron chi connectivity index (χ1n) is 9.79. The average Bonchev–Trinajstić information content (AvgIpc) is 3.09. The number of carboxylic acid groups (broad SMARTS) is 1. The summed E-state index contributed by atoms with van der Waals surface area (Å²) in [7, 11) is 0. The van der Waals surface area contributed by atoms with Gasteiger partial charge in [0.1, 0.15) is 5.69 Å². The lowest BCUT2D eigenvalue weighted by atomic mass is 9.91. The summed E-state index contributed by atoms with van der Waals surface area (Å²) in [6.45, 7) is 0. The van der Waals surface area contributed by atoms with Crippen molar-refractivity contribution in [2.24, 2.45) is 0 Å². The van der Waals surface area contributed by atoms with Crippen LogP contribution in [0.15, 0.2) is 30.3 Å². The number of benzene rings is 1. The minimum Gasteiger partial charge on any atom is -0.477 e. The molecule has 1 aromatic heterocycles. The second-order valence-corrected chi connectivity index (χ2v) is 7.41. The third-order valence-corrected chi connectivity index (χ3v) is 5.44. The monoisotopic (exact) mass is 342 g/mol. The molecule has 0 aliphatic heterocycles. The number of aromatic amines is 1. The second-order valence-electron chi connectivity index (χ2n) is 7.41. The molecule has 4 rings (SSSR count). The van der Waals surface area contributed by atoms with Crippen molar-refractivity contribution in [3.63, 3.8) is 0 Å². The van der Waals surface area contributed by atoms with E-state index >= 15 is 0 Å². The number of para-hydroxylation sites is 1. The van der Waals surface area contributed by atoms with Gasteiger partial charge >= 0.3 is 5.97 Å². The van der Waals surface area contributed by atoms with Gasteiger partial charge in [0.15, 0.2) is 0 Å². The third kappa shape index (κ3) is 5.33. The Bertz CT molecular complexity index is 618. The molecule has 4 heteroatoms. The molecule has 2 aliphatic rings. The van der Waals surface area contributed by atoms with Gasteiger partial charge < -0.3 is 15.4 Å². The maximum atomic E-state index is 10.5. The zero-order valence-electron chi connectivity index (χ0n) is 15.0. The molecule has 0 radical (unpaired) electrons. The number of carbonyl (C=O) groups is 1. The van der Waals surface area contributed by atoms with Crippen LogP contribution in [0.5, 0.6) is 0 Å². The maximum Gasteiger partial charge on any atom is 0.352 e. The summed E-state index contributed by atoms with van der Waals surface area (Å²) in [5.41, 5.74) is 1.09. The van der Waals surface area contributed by atoms with Crippen LogP contribution in [0.25, 0.3) is 10.9 Å². The molecular weight excluding hydrogens is 312 g/mol. The Morgan fingerprint density at radius 3 is 2.00 bits per heavy atom. The van der Waals surface area contributed by atoms with Gasteiger partial charge in [0.25, 0.3) is 0 Å². The first-order chi connectivity index (χ1) is 12.2. The van der Waals surface area contributed by atoms with Crippen molar-refractivity contribution in [3.05, 3.63) is 36.0 Å². The number of hydrogen-bond acceptors (Lipinski definition) is 2. The SMILES string of the molecule is C1CCC(NC2CCCCC2)CC1.O=C(O)c1cc2ccccc2[nH]1. The molecule has 136 valence electrons. The van der Waals surface area contributed by atoms with Gasteiger partial charge in [-0.15, -0.1) is 0 Å². The summed E-state index contributed by atoms with van der Waals surface area (Å²) in [5.74, 6) is -0.925. The van der Waals surface area contributed by atoms with Gasteiger partial charge in [0.05, 0.1) is 0 Å². The summed E-state index contributed by atoms with van der Waals surface area (Å²) >= 11 is 0. The van der Waals surface area contributed by atoms with Crippen LogP contribution in [0.4, 0.5) is 0 Å². The summed E-state index contributed by atoms with van der Waals surface area (Å²) in [6, 6.07) is 10.8. The summed E-state index contributed by atoms with van der Waals surface area (Å²) in [5, 5.41) is 13.4. The molecule has 0 unspecified atom stereocenters. The molecule has 1 heterocycles. The van der Waals surface area contributed by atoms with E-state index in [0.29, 0.717) is 0 Å². The molecule has 25 heavy (non-hydrogen) atoms. The van der Waals surface area contributed by atoms with Crippen molar-refractivity contribution in [3.8, 4) is 0 Å². The van der Waals surface area contributed by atoms with Gasteiger partial charge in [-0.2, -0.15) is 0 Å². The fraction of sp³-hybridized carbons (Fsp3) is 0.571. The quantitative estimate of drug-likeness (QED) is 0.726. The van der Waals surface area contributed by atoms with Crippen LogP contribution in [0, 0.1) is 0 Å². The summed E-state index contributed by atoms with van der Waals surface area (Å²) < 4.78 is 0. The van der Waals surface area contributed by atoms with Crippen LogP contribution < -0.4 is 5.32 Å².